The molecule has 6 nitrogen and oxygen atoms in total. The van der Waals surface area contributed by atoms with Gasteiger partial charge in [0.25, 0.3) is 0 Å². The van der Waals surface area contributed by atoms with E-state index in [4.69, 9.17) is 5.11 Å². The van der Waals surface area contributed by atoms with Crippen molar-refractivity contribution >= 4 is 21.7 Å². The normalized spacial score (nSPS) is 23.5. The molecule has 0 aromatic carbocycles. The Morgan fingerprint density at radius 2 is 2.11 bits per heavy atom. The zero-order valence-electron chi connectivity index (χ0n) is 10.4. The number of carboxylic acid groups (broad SMARTS) is 1. The second kappa shape index (κ2) is 6.17. The maximum Gasteiger partial charge on any atom is 0.303 e. The van der Waals surface area contributed by atoms with E-state index >= 15 is 0 Å². The minimum Gasteiger partial charge on any atom is -0.481 e. The Labute approximate surface area is 107 Å². The minimum absolute atomic E-state index is 0.0688. The first kappa shape index (κ1) is 14.9. The molecule has 2 unspecified atom stereocenters. The summed E-state index contributed by atoms with van der Waals surface area (Å²) < 4.78 is 22.5. The van der Waals surface area contributed by atoms with Crippen LogP contribution < -0.4 is 5.32 Å². The van der Waals surface area contributed by atoms with Gasteiger partial charge in [-0.25, -0.2) is 8.42 Å². The summed E-state index contributed by atoms with van der Waals surface area (Å²) in [6.07, 6.45) is 1.55. The fraction of sp³-hybridized carbons (Fsp3) is 0.818. The Morgan fingerprint density at radius 3 is 2.61 bits per heavy atom. The first-order chi connectivity index (χ1) is 8.30. The zero-order valence-corrected chi connectivity index (χ0v) is 11.2. The summed E-state index contributed by atoms with van der Waals surface area (Å²) >= 11 is 0. The lowest BCUT2D eigenvalue weighted by atomic mass is 10.1. The van der Waals surface area contributed by atoms with Gasteiger partial charge >= 0.3 is 5.97 Å². The van der Waals surface area contributed by atoms with Crippen LogP contribution in [0.3, 0.4) is 0 Å². The number of hydrogen-bond acceptors (Lipinski definition) is 4. The zero-order chi connectivity index (χ0) is 13.8. The minimum atomic E-state index is -3.04. The highest BCUT2D eigenvalue weighted by molar-refractivity contribution is 7.91. The molecule has 1 fully saturated rings. The standard InChI is InChI=1S/C11H19NO5S/c1-8(3-2-4-10(13)14)12-11(15)9-5-6-18(16,17)7-9/h8-9H,2-7H2,1H3,(H,12,15)(H,13,14). The molecular formula is C11H19NO5S. The van der Waals surface area contributed by atoms with Crippen molar-refractivity contribution in [1.29, 1.82) is 0 Å². The van der Waals surface area contributed by atoms with Gasteiger partial charge in [-0.3, -0.25) is 9.59 Å². The molecule has 7 heteroatoms. The molecule has 0 aliphatic carbocycles. The van der Waals surface area contributed by atoms with Crippen molar-refractivity contribution in [2.24, 2.45) is 5.92 Å². The van der Waals surface area contributed by atoms with Crippen molar-refractivity contribution in [3.63, 3.8) is 0 Å². The SMILES string of the molecule is CC(CCCC(=O)O)NC(=O)C1CCS(=O)(=O)C1. The molecule has 1 rings (SSSR count). The van der Waals surface area contributed by atoms with Crippen LogP contribution in [0.5, 0.6) is 0 Å². The Bertz CT molecular complexity index is 417. The highest BCUT2D eigenvalue weighted by atomic mass is 32.2. The Morgan fingerprint density at radius 1 is 1.44 bits per heavy atom. The molecule has 0 aromatic rings. The molecule has 0 spiro atoms. The maximum atomic E-state index is 11.7. The van der Waals surface area contributed by atoms with E-state index in [0.29, 0.717) is 19.3 Å². The summed E-state index contributed by atoms with van der Waals surface area (Å²) in [5.41, 5.74) is 0. The molecule has 1 aliphatic heterocycles. The van der Waals surface area contributed by atoms with E-state index in [1.807, 2.05) is 0 Å². The molecule has 0 saturated carbocycles. The number of sulfone groups is 1. The molecule has 0 aromatic heterocycles. The molecule has 1 amide bonds. The second-order valence-electron chi connectivity index (χ2n) is 4.80. The first-order valence-corrected chi connectivity index (χ1v) is 7.85. The van der Waals surface area contributed by atoms with Crippen molar-refractivity contribution in [2.75, 3.05) is 11.5 Å². The number of hydrogen-bond donors (Lipinski definition) is 2. The topological polar surface area (TPSA) is 101 Å². The Kier molecular flexibility index (Phi) is 5.13. The predicted molar refractivity (Wildman–Crippen MR) is 65.9 cm³/mol. The van der Waals surface area contributed by atoms with Crippen LogP contribution in [0, 0.1) is 5.92 Å². The molecule has 2 N–H and O–H groups in total. The molecule has 1 aliphatic rings. The lowest BCUT2D eigenvalue weighted by Crippen LogP contribution is -2.37. The van der Waals surface area contributed by atoms with E-state index < -0.39 is 21.7 Å². The number of carbonyl (C=O) groups excluding carboxylic acids is 1. The van der Waals surface area contributed by atoms with Crippen molar-refractivity contribution in [2.45, 2.75) is 38.6 Å². The van der Waals surface area contributed by atoms with Crippen LogP contribution in [0.2, 0.25) is 0 Å². The van der Waals surface area contributed by atoms with Gasteiger partial charge in [0.2, 0.25) is 5.91 Å². The molecule has 1 heterocycles. The predicted octanol–water partition coefficient (Wildman–Crippen LogP) is 0.181. The van der Waals surface area contributed by atoms with Crippen molar-refractivity contribution in [1.82, 2.24) is 5.32 Å². The van der Waals surface area contributed by atoms with Crippen LogP contribution in [0.15, 0.2) is 0 Å². The Hall–Kier alpha value is -1.11. The van der Waals surface area contributed by atoms with Crippen LogP contribution in [-0.4, -0.2) is 42.9 Å². The largest absolute Gasteiger partial charge is 0.481 e. The molecule has 18 heavy (non-hydrogen) atoms. The lowest BCUT2D eigenvalue weighted by Gasteiger charge is -2.15. The summed E-state index contributed by atoms with van der Waals surface area (Å²) in [7, 11) is -3.04. The molecule has 0 bridgehead atoms. The van der Waals surface area contributed by atoms with Crippen molar-refractivity contribution in [3.8, 4) is 0 Å². The van der Waals surface area contributed by atoms with Crippen LogP contribution in [-0.2, 0) is 19.4 Å². The summed E-state index contributed by atoms with van der Waals surface area (Å²) in [6, 6.07) is -0.125. The second-order valence-corrected chi connectivity index (χ2v) is 7.02. The number of carboxylic acids is 1. The maximum absolute atomic E-state index is 11.7. The van der Waals surface area contributed by atoms with E-state index in [1.54, 1.807) is 6.92 Å². The smallest absolute Gasteiger partial charge is 0.303 e. The van der Waals surface area contributed by atoms with E-state index in [-0.39, 0.29) is 29.9 Å². The third kappa shape index (κ3) is 5.03. The molecule has 0 radical (unpaired) electrons. The van der Waals surface area contributed by atoms with E-state index in [1.165, 1.54) is 0 Å². The fourth-order valence-electron chi connectivity index (χ4n) is 1.99. The molecule has 1 saturated heterocycles. The summed E-state index contributed by atoms with van der Waals surface area (Å²) in [4.78, 5) is 22.1. The third-order valence-corrected chi connectivity index (χ3v) is 4.79. The van der Waals surface area contributed by atoms with Gasteiger partial charge in [0, 0.05) is 12.5 Å². The summed E-state index contributed by atoms with van der Waals surface area (Å²) in [5.74, 6) is -1.52. The van der Waals surface area contributed by atoms with Gasteiger partial charge < -0.3 is 10.4 Å². The third-order valence-electron chi connectivity index (χ3n) is 3.02. The monoisotopic (exact) mass is 277 g/mol. The first-order valence-electron chi connectivity index (χ1n) is 6.03. The highest BCUT2D eigenvalue weighted by Gasteiger charge is 2.33. The molecule has 2 atom stereocenters. The number of aliphatic carboxylic acids is 1. The number of carbonyl (C=O) groups is 2. The highest BCUT2D eigenvalue weighted by Crippen LogP contribution is 2.18. The van der Waals surface area contributed by atoms with Crippen LogP contribution in [0.1, 0.15) is 32.6 Å². The number of nitrogens with one attached hydrogen (secondary N) is 1. The van der Waals surface area contributed by atoms with Gasteiger partial charge in [0.15, 0.2) is 9.84 Å². The van der Waals surface area contributed by atoms with Gasteiger partial charge in [0.05, 0.1) is 17.4 Å². The summed E-state index contributed by atoms with van der Waals surface area (Å²) in [6.45, 7) is 1.79. The fourth-order valence-corrected chi connectivity index (χ4v) is 3.74. The average molecular weight is 277 g/mol. The van der Waals surface area contributed by atoms with Gasteiger partial charge in [-0.15, -0.1) is 0 Å². The van der Waals surface area contributed by atoms with E-state index in [2.05, 4.69) is 5.32 Å². The van der Waals surface area contributed by atoms with Crippen LogP contribution >= 0.6 is 0 Å². The molecule has 104 valence electrons. The van der Waals surface area contributed by atoms with Gasteiger partial charge in [0.1, 0.15) is 0 Å². The van der Waals surface area contributed by atoms with Crippen molar-refractivity contribution in [3.05, 3.63) is 0 Å². The Balaban J connectivity index is 2.30. The van der Waals surface area contributed by atoms with Gasteiger partial charge in [-0.2, -0.15) is 0 Å². The van der Waals surface area contributed by atoms with Gasteiger partial charge in [-0.1, -0.05) is 0 Å². The summed E-state index contributed by atoms with van der Waals surface area (Å²) in [5, 5.41) is 11.2. The van der Waals surface area contributed by atoms with E-state index in [0.717, 1.165) is 0 Å². The van der Waals surface area contributed by atoms with Crippen LogP contribution in [0.25, 0.3) is 0 Å². The van der Waals surface area contributed by atoms with Crippen molar-refractivity contribution < 1.29 is 23.1 Å². The van der Waals surface area contributed by atoms with Crippen LogP contribution in [0.4, 0.5) is 0 Å². The molecular weight excluding hydrogens is 258 g/mol. The average Bonchev–Trinajstić information content (AvgIpc) is 2.58. The number of amides is 1. The lowest BCUT2D eigenvalue weighted by molar-refractivity contribution is -0.137. The van der Waals surface area contributed by atoms with E-state index in [9.17, 15) is 18.0 Å². The number of rotatable bonds is 6. The quantitative estimate of drug-likeness (QED) is 0.721. The van der Waals surface area contributed by atoms with Gasteiger partial charge in [-0.05, 0) is 26.2 Å².